The molecule has 4 rings (SSSR count). The summed E-state index contributed by atoms with van der Waals surface area (Å²) in [5.41, 5.74) is 2.62. The van der Waals surface area contributed by atoms with Crippen molar-refractivity contribution >= 4 is 29.2 Å². The summed E-state index contributed by atoms with van der Waals surface area (Å²) >= 11 is 0. The zero-order valence-corrected chi connectivity index (χ0v) is 17.1. The molecule has 0 aliphatic carbocycles. The van der Waals surface area contributed by atoms with Crippen molar-refractivity contribution in [2.75, 3.05) is 39.5 Å². The highest BCUT2D eigenvalue weighted by Crippen LogP contribution is 2.22. The van der Waals surface area contributed by atoms with Crippen LogP contribution in [-0.4, -0.2) is 61.2 Å². The fourth-order valence-electron chi connectivity index (χ4n) is 3.91. The average molecular weight is 409 g/mol. The van der Waals surface area contributed by atoms with Crippen molar-refractivity contribution in [1.29, 1.82) is 0 Å². The molecule has 2 N–H and O–H groups in total. The molecule has 2 aliphatic heterocycles. The molecular weight excluding hydrogens is 380 g/mol. The minimum absolute atomic E-state index is 0. The lowest BCUT2D eigenvalue weighted by molar-refractivity contribution is -0.0855. The monoisotopic (exact) mass is 408 g/mol. The quantitative estimate of drug-likeness (QED) is 0.790. The number of benzene rings is 1. The van der Waals surface area contributed by atoms with Gasteiger partial charge in [0.05, 0.1) is 31.4 Å². The molecule has 2 aliphatic rings. The number of nitrogens with one attached hydrogen (secondary N) is 2. The van der Waals surface area contributed by atoms with Crippen LogP contribution >= 0.6 is 12.4 Å². The Bertz CT molecular complexity index is 798. The van der Waals surface area contributed by atoms with Gasteiger partial charge < -0.3 is 20.1 Å². The third-order valence-electron chi connectivity index (χ3n) is 5.53. The molecule has 154 valence electrons. The summed E-state index contributed by atoms with van der Waals surface area (Å²) < 4.78 is 13.0. The van der Waals surface area contributed by atoms with E-state index in [1.807, 2.05) is 23.7 Å². The molecule has 1 aromatic carbocycles. The third kappa shape index (κ3) is 4.84. The van der Waals surface area contributed by atoms with Gasteiger partial charge in [-0.15, -0.1) is 12.4 Å². The summed E-state index contributed by atoms with van der Waals surface area (Å²) in [4.78, 5) is 12.6. The number of amides is 1. The zero-order chi connectivity index (χ0) is 18.6. The number of aromatic nitrogens is 2. The van der Waals surface area contributed by atoms with Gasteiger partial charge in [-0.3, -0.25) is 9.48 Å². The molecule has 0 saturated carbocycles. The van der Waals surface area contributed by atoms with Gasteiger partial charge in [-0.05, 0) is 56.5 Å². The summed E-state index contributed by atoms with van der Waals surface area (Å²) in [6.07, 6.45) is 4.40. The van der Waals surface area contributed by atoms with E-state index in [2.05, 4.69) is 16.8 Å². The molecule has 1 unspecified atom stereocenters. The molecule has 2 aromatic rings. The molecule has 7 nitrogen and oxygen atoms in total. The van der Waals surface area contributed by atoms with E-state index < -0.39 is 0 Å². The molecule has 0 radical (unpaired) electrons. The van der Waals surface area contributed by atoms with Gasteiger partial charge in [0.25, 0.3) is 5.91 Å². The number of fused-ring (bicyclic) bond motifs is 1. The Morgan fingerprint density at radius 1 is 1.32 bits per heavy atom. The van der Waals surface area contributed by atoms with Crippen LogP contribution in [0.2, 0.25) is 0 Å². The second-order valence-corrected chi connectivity index (χ2v) is 7.49. The second-order valence-electron chi connectivity index (χ2n) is 7.49. The fraction of sp³-hybridized carbons (Fsp3) is 0.600. The van der Waals surface area contributed by atoms with Gasteiger partial charge in [0.2, 0.25) is 0 Å². The van der Waals surface area contributed by atoms with Gasteiger partial charge in [0.15, 0.2) is 0 Å². The minimum atomic E-state index is -0.0744. The van der Waals surface area contributed by atoms with Crippen molar-refractivity contribution < 1.29 is 14.3 Å². The van der Waals surface area contributed by atoms with E-state index in [9.17, 15) is 4.79 Å². The number of hydrogen-bond acceptors (Lipinski definition) is 5. The van der Waals surface area contributed by atoms with E-state index in [1.165, 1.54) is 12.8 Å². The molecule has 1 amide bonds. The standard InChI is InChI=1S/C20H28N4O3.ClH/c1-14-17(20(25)22-10-16-13-26-8-9-27-16)2-3-19-18(14)12-24(23-19)11-15-4-6-21-7-5-15;/h2-3,12,15-16,21H,4-11,13H2,1H3,(H,22,25);1H. The number of rotatable bonds is 5. The van der Waals surface area contributed by atoms with Crippen LogP contribution in [0.25, 0.3) is 10.9 Å². The maximum Gasteiger partial charge on any atom is 0.251 e. The first kappa shape index (κ1) is 21.0. The van der Waals surface area contributed by atoms with E-state index in [4.69, 9.17) is 14.6 Å². The Hall–Kier alpha value is -1.67. The first-order valence-electron chi connectivity index (χ1n) is 9.86. The van der Waals surface area contributed by atoms with E-state index in [0.29, 0.717) is 37.8 Å². The van der Waals surface area contributed by atoms with Crippen LogP contribution in [-0.2, 0) is 16.0 Å². The summed E-state index contributed by atoms with van der Waals surface area (Å²) in [5.74, 6) is 0.594. The van der Waals surface area contributed by atoms with Gasteiger partial charge >= 0.3 is 0 Å². The summed E-state index contributed by atoms with van der Waals surface area (Å²) in [5, 5.41) is 12.1. The molecule has 1 atom stereocenters. The number of hydrogen-bond donors (Lipinski definition) is 2. The molecule has 2 saturated heterocycles. The highest BCUT2D eigenvalue weighted by atomic mass is 35.5. The van der Waals surface area contributed by atoms with Crippen molar-refractivity contribution in [3.05, 3.63) is 29.5 Å². The van der Waals surface area contributed by atoms with Crippen LogP contribution in [0, 0.1) is 12.8 Å². The maximum absolute atomic E-state index is 12.6. The van der Waals surface area contributed by atoms with Crippen LogP contribution in [0.1, 0.15) is 28.8 Å². The molecule has 8 heteroatoms. The first-order valence-corrected chi connectivity index (χ1v) is 9.86. The Labute approximate surface area is 171 Å². The number of aryl methyl sites for hydroxylation is 1. The lowest BCUT2D eigenvalue weighted by atomic mass is 9.98. The normalized spacial score (nSPS) is 20.7. The van der Waals surface area contributed by atoms with Crippen molar-refractivity contribution in [3.63, 3.8) is 0 Å². The molecule has 1 aromatic heterocycles. The molecule has 3 heterocycles. The van der Waals surface area contributed by atoms with Crippen molar-refractivity contribution in [1.82, 2.24) is 20.4 Å². The summed E-state index contributed by atoms with van der Waals surface area (Å²) in [6.45, 7) is 7.32. The first-order chi connectivity index (χ1) is 13.2. The van der Waals surface area contributed by atoms with E-state index in [1.54, 1.807) is 0 Å². The maximum atomic E-state index is 12.6. The van der Waals surface area contributed by atoms with Gasteiger partial charge in [-0.25, -0.2) is 0 Å². The highest BCUT2D eigenvalue weighted by molar-refractivity contribution is 6.00. The van der Waals surface area contributed by atoms with E-state index in [0.717, 1.165) is 36.1 Å². The lowest BCUT2D eigenvalue weighted by Crippen LogP contribution is -2.39. The largest absolute Gasteiger partial charge is 0.376 e. The molecule has 28 heavy (non-hydrogen) atoms. The number of piperidine rings is 1. The van der Waals surface area contributed by atoms with Gasteiger partial charge in [0.1, 0.15) is 0 Å². The van der Waals surface area contributed by atoms with Gasteiger partial charge in [-0.1, -0.05) is 0 Å². The number of nitrogens with zero attached hydrogens (tertiary/aromatic N) is 2. The predicted octanol–water partition coefficient (Wildman–Crippen LogP) is 1.91. The van der Waals surface area contributed by atoms with Crippen LogP contribution < -0.4 is 10.6 Å². The zero-order valence-electron chi connectivity index (χ0n) is 16.3. The van der Waals surface area contributed by atoms with Crippen molar-refractivity contribution in [2.45, 2.75) is 32.4 Å². The highest BCUT2D eigenvalue weighted by Gasteiger charge is 2.19. The summed E-state index contributed by atoms with van der Waals surface area (Å²) in [7, 11) is 0. The predicted molar refractivity (Wildman–Crippen MR) is 110 cm³/mol. The molecular formula is C20H29ClN4O3. The van der Waals surface area contributed by atoms with Gasteiger partial charge in [0, 0.05) is 30.2 Å². The van der Waals surface area contributed by atoms with Crippen molar-refractivity contribution in [3.8, 4) is 0 Å². The number of ether oxygens (including phenoxy) is 2. The van der Waals surface area contributed by atoms with Crippen LogP contribution in [0.5, 0.6) is 0 Å². The molecule has 0 bridgehead atoms. The Balaban J connectivity index is 0.00000225. The Kier molecular flexibility index (Phi) is 7.29. The number of halogens is 1. The summed E-state index contributed by atoms with van der Waals surface area (Å²) in [6, 6.07) is 3.81. The number of carbonyl (C=O) groups is 1. The van der Waals surface area contributed by atoms with E-state index in [-0.39, 0.29) is 24.4 Å². The second kappa shape index (κ2) is 9.69. The minimum Gasteiger partial charge on any atom is -0.376 e. The molecule has 0 spiro atoms. The number of carbonyl (C=O) groups excluding carboxylic acids is 1. The third-order valence-corrected chi connectivity index (χ3v) is 5.53. The van der Waals surface area contributed by atoms with Crippen molar-refractivity contribution in [2.24, 2.45) is 5.92 Å². The Morgan fingerprint density at radius 2 is 2.14 bits per heavy atom. The van der Waals surface area contributed by atoms with Crippen LogP contribution in [0.15, 0.2) is 18.3 Å². The van der Waals surface area contributed by atoms with Crippen LogP contribution in [0.4, 0.5) is 0 Å². The SMILES string of the molecule is Cc1c(C(=O)NCC2COCCO2)ccc2nn(CC3CCNCC3)cc12.Cl. The topological polar surface area (TPSA) is 77.4 Å². The lowest BCUT2D eigenvalue weighted by Gasteiger charge is -2.23. The molecule has 2 fully saturated rings. The van der Waals surface area contributed by atoms with Gasteiger partial charge in [-0.2, -0.15) is 5.10 Å². The van der Waals surface area contributed by atoms with Crippen LogP contribution in [0.3, 0.4) is 0 Å². The average Bonchev–Trinajstić information content (AvgIpc) is 3.11. The fourth-order valence-corrected chi connectivity index (χ4v) is 3.91. The Morgan fingerprint density at radius 3 is 2.89 bits per heavy atom. The van der Waals surface area contributed by atoms with E-state index >= 15 is 0 Å². The smallest absolute Gasteiger partial charge is 0.251 e.